The number of carboxylic acids is 1. The van der Waals surface area contributed by atoms with E-state index >= 15 is 0 Å². The van der Waals surface area contributed by atoms with Crippen molar-refractivity contribution in [1.82, 2.24) is 4.72 Å². The van der Waals surface area contributed by atoms with Crippen LogP contribution in [0.15, 0.2) is 53.0 Å². The normalized spacial score (nSPS) is 26.2. The molecule has 0 aromatic heterocycles. The lowest BCUT2D eigenvalue weighted by molar-refractivity contribution is -0.137. The Morgan fingerprint density at radius 3 is 2.62 bits per heavy atom. The summed E-state index contributed by atoms with van der Waals surface area (Å²) in [6.45, 7) is 6.07. The number of benzene rings is 1. The summed E-state index contributed by atoms with van der Waals surface area (Å²) < 4.78 is 27.9. The Balaban J connectivity index is 1.61. The van der Waals surface area contributed by atoms with Crippen LogP contribution < -0.4 is 4.72 Å². The molecule has 2 saturated carbocycles. The van der Waals surface area contributed by atoms with Crippen molar-refractivity contribution in [2.45, 2.75) is 109 Å². The summed E-state index contributed by atoms with van der Waals surface area (Å²) in [5, 5.41) is 30.8. The second-order valence-electron chi connectivity index (χ2n) is 12.4. The fourth-order valence-electron chi connectivity index (χ4n) is 6.70. The summed E-state index contributed by atoms with van der Waals surface area (Å²) in [5.74, 6) is 5.34. The Kier molecular flexibility index (Phi) is 12.9. The number of aliphatic carboxylic acids is 1. The van der Waals surface area contributed by atoms with Crippen molar-refractivity contribution in [3.8, 4) is 11.8 Å². The molecule has 2 aliphatic carbocycles. The van der Waals surface area contributed by atoms with E-state index in [-0.39, 0.29) is 34.5 Å². The number of nitrogens with one attached hydrogen (secondary N) is 1. The lowest BCUT2D eigenvalue weighted by Gasteiger charge is -2.30. The molecule has 0 radical (unpaired) electrons. The van der Waals surface area contributed by atoms with E-state index in [2.05, 4.69) is 22.6 Å². The summed E-state index contributed by atoms with van der Waals surface area (Å²) in [4.78, 5) is 11.2. The first-order valence-electron chi connectivity index (χ1n) is 15.4. The molecule has 1 aromatic carbocycles. The molecule has 1 unspecified atom stereocenters. The van der Waals surface area contributed by atoms with Crippen LogP contribution >= 0.6 is 0 Å². The smallest absolute Gasteiger partial charge is 0.303 e. The molecule has 3 rings (SSSR count). The Labute approximate surface area is 252 Å². The molecule has 7 nitrogen and oxygen atoms in total. The number of hydrogen-bond acceptors (Lipinski definition) is 5. The number of carboxylic acid groups (broad SMARTS) is 1. The summed E-state index contributed by atoms with van der Waals surface area (Å²) >= 11 is 0. The molecule has 2 aliphatic rings. The Morgan fingerprint density at radius 2 is 1.93 bits per heavy atom. The Hall–Kier alpha value is -2.44. The molecule has 0 saturated heterocycles. The van der Waals surface area contributed by atoms with Crippen LogP contribution in [0, 0.1) is 41.9 Å². The second-order valence-corrected chi connectivity index (χ2v) is 14.1. The van der Waals surface area contributed by atoms with E-state index in [4.69, 9.17) is 5.11 Å². The number of aliphatic hydroxyl groups excluding tert-OH is 2. The zero-order valence-electron chi connectivity index (χ0n) is 25.4. The predicted octanol–water partition coefficient (Wildman–Crippen LogP) is 5.76. The van der Waals surface area contributed by atoms with Gasteiger partial charge >= 0.3 is 5.97 Å². The van der Waals surface area contributed by atoms with E-state index in [0.29, 0.717) is 25.8 Å². The monoisotopic (exact) mass is 599 g/mol. The molecular weight excluding hydrogens is 550 g/mol. The molecule has 42 heavy (non-hydrogen) atoms. The molecule has 6 atom stereocenters. The van der Waals surface area contributed by atoms with Gasteiger partial charge in [0.2, 0.25) is 10.0 Å². The molecule has 0 aliphatic heterocycles. The van der Waals surface area contributed by atoms with Crippen molar-refractivity contribution in [2.24, 2.45) is 23.2 Å². The number of fused-ring (bicyclic) bond motifs is 1. The van der Waals surface area contributed by atoms with Crippen LogP contribution in [0.1, 0.15) is 90.0 Å². The third kappa shape index (κ3) is 9.54. The van der Waals surface area contributed by atoms with Gasteiger partial charge in [-0.3, -0.25) is 4.79 Å². The molecule has 0 amide bonds. The van der Waals surface area contributed by atoms with Gasteiger partial charge in [0.15, 0.2) is 0 Å². The first-order chi connectivity index (χ1) is 20.0. The highest BCUT2D eigenvalue weighted by molar-refractivity contribution is 7.89. The van der Waals surface area contributed by atoms with Crippen LogP contribution in [0.5, 0.6) is 0 Å². The Bertz CT molecular complexity index is 1260. The number of hydrogen-bond donors (Lipinski definition) is 4. The number of sulfonamides is 1. The van der Waals surface area contributed by atoms with Crippen LogP contribution in [0.3, 0.4) is 0 Å². The van der Waals surface area contributed by atoms with Crippen molar-refractivity contribution in [2.75, 3.05) is 6.54 Å². The molecule has 0 heterocycles. The van der Waals surface area contributed by atoms with Gasteiger partial charge in [0.25, 0.3) is 0 Å². The van der Waals surface area contributed by atoms with Crippen molar-refractivity contribution in [3.05, 3.63) is 53.6 Å². The molecule has 232 valence electrons. The van der Waals surface area contributed by atoms with Crippen LogP contribution in [-0.4, -0.2) is 48.5 Å². The maximum Gasteiger partial charge on any atom is 0.303 e. The molecule has 2 fully saturated rings. The standard InChI is InChI=1S/C34H49NO6S/c1-4-5-11-26(3)31(36)19-18-29-30-22-27(12-7-8-13-33(38)39)23-34(30,24-32(29)37)20-9-6-10-21-35-42(40,41)28-16-14-25(2)15-17-28/h12,14-19,26,29-32,35-37H,6-11,13,20-24H2,1-3H3,(H,38,39)/b19-18+,27-12+/t26?,29-,30-,31-,32-,34+/m1/s1. The van der Waals surface area contributed by atoms with Gasteiger partial charge in [-0.15, -0.1) is 11.8 Å². The minimum atomic E-state index is -3.52. The van der Waals surface area contributed by atoms with Crippen LogP contribution in [-0.2, 0) is 14.8 Å². The van der Waals surface area contributed by atoms with Crippen molar-refractivity contribution >= 4 is 16.0 Å². The quantitative estimate of drug-likeness (QED) is 0.109. The lowest BCUT2D eigenvalue weighted by atomic mass is 9.74. The van der Waals surface area contributed by atoms with Crippen LogP contribution in [0.4, 0.5) is 0 Å². The third-order valence-corrected chi connectivity index (χ3v) is 10.6. The number of aryl methyl sites for hydroxylation is 1. The second kappa shape index (κ2) is 15.9. The van der Waals surface area contributed by atoms with Gasteiger partial charge in [0, 0.05) is 25.3 Å². The number of aliphatic hydroxyl groups is 2. The molecular formula is C34H49NO6S. The lowest BCUT2D eigenvalue weighted by Crippen LogP contribution is -2.25. The summed E-state index contributed by atoms with van der Waals surface area (Å²) in [6.07, 6.45) is 13.1. The molecule has 1 aromatic rings. The van der Waals surface area contributed by atoms with E-state index < -0.39 is 28.2 Å². The van der Waals surface area contributed by atoms with E-state index in [1.807, 2.05) is 26.0 Å². The molecule has 0 spiro atoms. The van der Waals surface area contributed by atoms with E-state index in [1.165, 1.54) is 5.57 Å². The van der Waals surface area contributed by atoms with Gasteiger partial charge in [-0.25, -0.2) is 13.1 Å². The zero-order valence-corrected chi connectivity index (χ0v) is 26.2. The third-order valence-electron chi connectivity index (χ3n) is 9.09. The Morgan fingerprint density at radius 1 is 1.19 bits per heavy atom. The highest BCUT2D eigenvalue weighted by atomic mass is 32.2. The van der Waals surface area contributed by atoms with Crippen LogP contribution in [0.2, 0.25) is 0 Å². The fourth-order valence-corrected chi connectivity index (χ4v) is 7.77. The predicted molar refractivity (Wildman–Crippen MR) is 166 cm³/mol. The minimum Gasteiger partial charge on any atom is -0.481 e. The van der Waals surface area contributed by atoms with Crippen molar-refractivity contribution < 1.29 is 28.5 Å². The van der Waals surface area contributed by atoms with Gasteiger partial charge in [-0.2, -0.15) is 0 Å². The van der Waals surface area contributed by atoms with Crippen LogP contribution in [0.25, 0.3) is 0 Å². The maximum absolute atomic E-state index is 12.6. The van der Waals surface area contributed by atoms with Gasteiger partial charge in [-0.05, 0) is 88.2 Å². The summed E-state index contributed by atoms with van der Waals surface area (Å²) in [5.41, 5.74) is 2.31. The average molecular weight is 600 g/mol. The molecule has 8 heteroatoms. The van der Waals surface area contributed by atoms with Crippen molar-refractivity contribution in [1.29, 1.82) is 0 Å². The minimum absolute atomic E-state index is 0.00806. The van der Waals surface area contributed by atoms with Crippen molar-refractivity contribution in [3.63, 3.8) is 0 Å². The van der Waals surface area contributed by atoms with Gasteiger partial charge in [0.1, 0.15) is 0 Å². The van der Waals surface area contributed by atoms with E-state index in [9.17, 15) is 23.4 Å². The van der Waals surface area contributed by atoms with Gasteiger partial charge in [0.05, 0.1) is 17.1 Å². The number of allylic oxidation sites excluding steroid dienone is 2. The zero-order chi connectivity index (χ0) is 30.8. The molecule has 4 N–H and O–H groups in total. The maximum atomic E-state index is 12.6. The largest absolute Gasteiger partial charge is 0.481 e. The molecule has 0 bridgehead atoms. The fraction of sp³-hybridized carbons (Fsp3) is 0.618. The first-order valence-corrected chi connectivity index (χ1v) is 16.9. The topological polar surface area (TPSA) is 124 Å². The first kappa shape index (κ1) is 34.1. The number of unbranched alkanes of at least 4 members (excludes halogenated alkanes) is 3. The summed E-state index contributed by atoms with van der Waals surface area (Å²) in [6, 6.07) is 6.83. The highest BCUT2D eigenvalue weighted by Crippen LogP contribution is 2.61. The SMILES string of the molecule is CC#CCC(C)[C@H](O)/C=C/[C@H]1[C@H](O)C[C@]2(CCCCCNS(=O)(=O)c3ccc(C)cc3)C/C(=C/CCCC(=O)O)C[C@H]12. The summed E-state index contributed by atoms with van der Waals surface area (Å²) in [7, 11) is -3.52. The van der Waals surface area contributed by atoms with Gasteiger partial charge in [-0.1, -0.05) is 61.3 Å². The number of carbonyl (C=O) groups is 1. The highest BCUT2D eigenvalue weighted by Gasteiger charge is 2.55. The van der Waals surface area contributed by atoms with E-state index in [1.54, 1.807) is 31.2 Å². The van der Waals surface area contributed by atoms with Gasteiger partial charge < -0.3 is 15.3 Å². The average Bonchev–Trinajstić information content (AvgIpc) is 3.41. The number of rotatable bonds is 16. The van der Waals surface area contributed by atoms with E-state index in [0.717, 1.165) is 50.5 Å².